The van der Waals surface area contributed by atoms with E-state index < -0.39 is 27.4 Å². The molecule has 0 aliphatic heterocycles. The Labute approximate surface area is 160 Å². The lowest BCUT2D eigenvalue weighted by molar-refractivity contribution is -0.119. The van der Waals surface area contributed by atoms with E-state index in [1.807, 2.05) is 13.8 Å². The van der Waals surface area contributed by atoms with E-state index in [-0.39, 0.29) is 11.3 Å². The van der Waals surface area contributed by atoms with Crippen molar-refractivity contribution in [3.8, 4) is 11.5 Å². The normalized spacial score (nSPS) is 10.9. The predicted molar refractivity (Wildman–Crippen MR) is 103 cm³/mol. The topological polar surface area (TPSA) is 111 Å². The van der Waals surface area contributed by atoms with Crippen molar-refractivity contribution < 1.29 is 27.5 Å². The third-order valence-electron chi connectivity index (χ3n) is 3.61. The summed E-state index contributed by atoms with van der Waals surface area (Å²) in [6.07, 6.45) is 3.03. The van der Waals surface area contributed by atoms with Crippen molar-refractivity contribution in [3.05, 3.63) is 23.8 Å². The Balaban J connectivity index is 2.59. The van der Waals surface area contributed by atoms with Crippen LogP contribution in [0.1, 0.15) is 49.9 Å². The second kappa shape index (κ2) is 11.4. The molecule has 152 valence electrons. The first-order chi connectivity index (χ1) is 12.8. The summed E-state index contributed by atoms with van der Waals surface area (Å²) in [4.78, 5) is 23.9. The third-order valence-corrected chi connectivity index (χ3v) is 5.23. The van der Waals surface area contributed by atoms with Crippen LogP contribution in [0.25, 0.3) is 0 Å². The number of hydrogen-bond donors (Lipinski definition) is 2. The summed E-state index contributed by atoms with van der Waals surface area (Å²) >= 11 is 0. The van der Waals surface area contributed by atoms with Crippen molar-refractivity contribution in [2.24, 2.45) is 0 Å². The van der Waals surface area contributed by atoms with Crippen LogP contribution < -0.4 is 20.3 Å². The lowest BCUT2D eigenvalue weighted by Gasteiger charge is -2.12. The maximum absolute atomic E-state index is 12.1. The van der Waals surface area contributed by atoms with Gasteiger partial charge in [-0.1, -0.05) is 26.7 Å². The van der Waals surface area contributed by atoms with E-state index >= 15 is 0 Å². The Bertz CT molecular complexity index is 733. The zero-order chi connectivity index (χ0) is 20.3. The van der Waals surface area contributed by atoms with Crippen LogP contribution in [-0.2, 0) is 14.6 Å². The van der Waals surface area contributed by atoms with E-state index in [1.165, 1.54) is 19.2 Å². The molecule has 1 aromatic carbocycles. The van der Waals surface area contributed by atoms with E-state index in [4.69, 9.17) is 9.47 Å². The van der Waals surface area contributed by atoms with Gasteiger partial charge < -0.3 is 9.47 Å². The maximum Gasteiger partial charge on any atom is 0.269 e. The number of benzene rings is 1. The van der Waals surface area contributed by atoms with E-state index in [9.17, 15) is 18.0 Å². The van der Waals surface area contributed by atoms with Crippen molar-refractivity contribution in [1.82, 2.24) is 10.9 Å². The van der Waals surface area contributed by atoms with Gasteiger partial charge in [0, 0.05) is 5.56 Å². The van der Waals surface area contributed by atoms with Gasteiger partial charge in [-0.2, -0.15) is 0 Å². The molecule has 1 rings (SSSR count). The SMILES string of the molecule is CCCCCS(=O)(=O)CC(=O)NNC(=O)c1ccc(OCCC)c(OC)c1. The number of unbranched alkanes of at least 4 members (excludes halogenated alkanes) is 2. The minimum atomic E-state index is -3.49. The van der Waals surface area contributed by atoms with Crippen molar-refractivity contribution in [2.75, 3.05) is 25.2 Å². The van der Waals surface area contributed by atoms with Crippen molar-refractivity contribution in [3.63, 3.8) is 0 Å². The van der Waals surface area contributed by atoms with E-state index in [0.29, 0.717) is 24.5 Å². The minimum Gasteiger partial charge on any atom is -0.493 e. The van der Waals surface area contributed by atoms with Crippen LogP contribution in [0.2, 0.25) is 0 Å². The molecule has 8 nitrogen and oxygen atoms in total. The van der Waals surface area contributed by atoms with Crippen LogP contribution in [0.3, 0.4) is 0 Å². The quantitative estimate of drug-likeness (QED) is 0.433. The van der Waals surface area contributed by atoms with Crippen LogP contribution in [0.15, 0.2) is 18.2 Å². The van der Waals surface area contributed by atoms with Gasteiger partial charge in [-0.25, -0.2) is 8.42 Å². The van der Waals surface area contributed by atoms with Crippen molar-refractivity contribution in [2.45, 2.75) is 39.5 Å². The average Bonchev–Trinajstić information content (AvgIpc) is 2.64. The Morgan fingerprint density at radius 1 is 1.04 bits per heavy atom. The van der Waals surface area contributed by atoms with Crippen LogP contribution in [0.5, 0.6) is 11.5 Å². The smallest absolute Gasteiger partial charge is 0.269 e. The van der Waals surface area contributed by atoms with Gasteiger partial charge in [0.05, 0.1) is 19.5 Å². The fraction of sp³-hybridized carbons (Fsp3) is 0.556. The minimum absolute atomic E-state index is 0.0430. The first-order valence-electron chi connectivity index (χ1n) is 8.93. The Kier molecular flexibility index (Phi) is 9.63. The summed E-state index contributed by atoms with van der Waals surface area (Å²) in [5, 5.41) is 0. The second-order valence-electron chi connectivity index (χ2n) is 6.02. The van der Waals surface area contributed by atoms with Gasteiger partial charge in [0.15, 0.2) is 21.3 Å². The van der Waals surface area contributed by atoms with Crippen LogP contribution >= 0.6 is 0 Å². The van der Waals surface area contributed by atoms with Gasteiger partial charge in [-0.05, 0) is 31.0 Å². The van der Waals surface area contributed by atoms with Crippen LogP contribution in [0.4, 0.5) is 0 Å². The summed E-state index contributed by atoms with van der Waals surface area (Å²) < 4.78 is 34.4. The molecular formula is C18H28N2O6S. The molecule has 2 amide bonds. The molecular weight excluding hydrogens is 372 g/mol. The Morgan fingerprint density at radius 2 is 1.78 bits per heavy atom. The number of hydrazine groups is 1. The molecule has 1 aromatic rings. The molecule has 27 heavy (non-hydrogen) atoms. The number of hydrogen-bond acceptors (Lipinski definition) is 6. The second-order valence-corrected chi connectivity index (χ2v) is 8.20. The number of rotatable bonds is 11. The van der Waals surface area contributed by atoms with Gasteiger partial charge in [0.25, 0.3) is 11.8 Å². The molecule has 0 radical (unpaired) electrons. The van der Waals surface area contributed by atoms with Gasteiger partial charge >= 0.3 is 0 Å². The van der Waals surface area contributed by atoms with Crippen molar-refractivity contribution in [1.29, 1.82) is 0 Å². The van der Waals surface area contributed by atoms with Gasteiger partial charge in [0.2, 0.25) is 0 Å². The summed E-state index contributed by atoms with van der Waals surface area (Å²) in [5.41, 5.74) is 4.57. The Morgan fingerprint density at radius 3 is 2.41 bits per heavy atom. The van der Waals surface area contributed by atoms with Gasteiger partial charge in [-0.3, -0.25) is 20.4 Å². The zero-order valence-electron chi connectivity index (χ0n) is 16.0. The molecule has 0 aromatic heterocycles. The first-order valence-corrected chi connectivity index (χ1v) is 10.8. The molecule has 0 bridgehead atoms. The molecule has 0 unspecified atom stereocenters. The largest absolute Gasteiger partial charge is 0.493 e. The fourth-order valence-corrected chi connectivity index (χ4v) is 3.48. The number of carbonyl (C=O) groups is 2. The first kappa shape index (κ1) is 22.8. The highest BCUT2D eigenvalue weighted by Crippen LogP contribution is 2.28. The standard InChI is InChI=1S/C18H28N2O6S/c1-4-6-7-11-27(23,24)13-17(21)19-20-18(22)14-8-9-15(26-10-5-2)16(12-14)25-3/h8-9,12H,4-7,10-11,13H2,1-3H3,(H,19,21)(H,20,22). The molecule has 0 spiro atoms. The number of ether oxygens (including phenoxy) is 2. The summed E-state index contributed by atoms with van der Waals surface area (Å²) in [6, 6.07) is 4.61. The number of methoxy groups -OCH3 is 1. The number of nitrogens with one attached hydrogen (secondary N) is 2. The average molecular weight is 400 g/mol. The highest BCUT2D eigenvalue weighted by Gasteiger charge is 2.17. The zero-order valence-corrected chi connectivity index (χ0v) is 16.9. The molecule has 0 aliphatic rings. The Hall–Kier alpha value is -2.29. The molecule has 0 atom stereocenters. The van der Waals surface area contributed by atoms with E-state index in [1.54, 1.807) is 6.07 Å². The fourth-order valence-electron chi connectivity index (χ4n) is 2.22. The van der Waals surface area contributed by atoms with E-state index in [2.05, 4.69) is 10.9 Å². The number of carbonyl (C=O) groups excluding carboxylic acids is 2. The molecule has 2 N–H and O–H groups in total. The number of sulfone groups is 1. The lowest BCUT2D eigenvalue weighted by atomic mass is 10.2. The van der Waals surface area contributed by atoms with Gasteiger partial charge in [-0.15, -0.1) is 0 Å². The predicted octanol–water partition coefficient (Wildman–Crippen LogP) is 1.85. The third kappa shape index (κ3) is 8.29. The number of amides is 2. The molecule has 0 saturated carbocycles. The highest BCUT2D eigenvalue weighted by molar-refractivity contribution is 7.92. The molecule has 0 heterocycles. The summed E-state index contributed by atoms with van der Waals surface area (Å²) in [6.45, 7) is 4.46. The summed E-state index contributed by atoms with van der Waals surface area (Å²) in [5.74, 6) is -1.18. The van der Waals surface area contributed by atoms with Crippen LogP contribution in [0, 0.1) is 0 Å². The lowest BCUT2D eigenvalue weighted by Crippen LogP contribution is -2.44. The van der Waals surface area contributed by atoms with Gasteiger partial charge in [0.1, 0.15) is 5.75 Å². The van der Waals surface area contributed by atoms with Crippen molar-refractivity contribution >= 4 is 21.7 Å². The molecule has 0 aliphatic carbocycles. The van der Waals surface area contributed by atoms with Crippen LogP contribution in [-0.4, -0.2) is 45.5 Å². The molecule has 0 saturated heterocycles. The molecule has 0 fully saturated rings. The van der Waals surface area contributed by atoms with E-state index in [0.717, 1.165) is 19.3 Å². The molecule has 9 heteroatoms. The monoisotopic (exact) mass is 400 g/mol. The maximum atomic E-state index is 12.1. The highest BCUT2D eigenvalue weighted by atomic mass is 32.2. The summed E-state index contributed by atoms with van der Waals surface area (Å²) in [7, 11) is -2.03.